The largest absolute Gasteiger partial charge is 0.310 e. The Bertz CT molecular complexity index is 669. The Hall–Kier alpha value is -1.97. The number of aryl methyl sites for hydroxylation is 1. The highest BCUT2D eigenvalue weighted by Gasteiger charge is 2.18. The van der Waals surface area contributed by atoms with Crippen LogP contribution in [-0.4, -0.2) is 9.97 Å². The summed E-state index contributed by atoms with van der Waals surface area (Å²) in [4.78, 5) is 19.0. The summed E-state index contributed by atoms with van der Waals surface area (Å²) in [5.74, 6) is 0.334. The van der Waals surface area contributed by atoms with Crippen LogP contribution >= 0.6 is 0 Å². The van der Waals surface area contributed by atoms with Crippen molar-refractivity contribution in [2.24, 2.45) is 0 Å². The van der Waals surface area contributed by atoms with Crippen molar-refractivity contribution in [1.82, 2.24) is 9.97 Å². The first-order valence-electron chi connectivity index (χ1n) is 6.16. The zero-order valence-corrected chi connectivity index (χ0v) is 11.5. The fraction of sp³-hybridized carbons (Fsp3) is 0.333. The zero-order valence-electron chi connectivity index (χ0n) is 11.5. The van der Waals surface area contributed by atoms with Crippen LogP contribution in [0, 0.1) is 12.7 Å². The van der Waals surface area contributed by atoms with Gasteiger partial charge >= 0.3 is 0 Å². The minimum absolute atomic E-state index is 0.196. The minimum Gasteiger partial charge on any atom is -0.310 e. The van der Waals surface area contributed by atoms with Gasteiger partial charge in [0.25, 0.3) is 5.56 Å². The number of nitrogens with zero attached hydrogens (tertiary/aromatic N) is 1. The van der Waals surface area contributed by atoms with Crippen LogP contribution < -0.4 is 5.56 Å². The van der Waals surface area contributed by atoms with Crippen LogP contribution in [0.1, 0.15) is 32.2 Å². The molecular weight excluding hydrogens is 243 g/mol. The smallest absolute Gasteiger partial charge is 0.251 e. The van der Waals surface area contributed by atoms with Gasteiger partial charge in [-0.05, 0) is 30.7 Å². The van der Waals surface area contributed by atoms with Crippen LogP contribution in [0.25, 0.3) is 11.3 Å². The van der Waals surface area contributed by atoms with E-state index in [2.05, 4.69) is 9.97 Å². The second-order valence-corrected chi connectivity index (χ2v) is 5.69. The number of H-pyrrole nitrogens is 1. The molecule has 0 fully saturated rings. The average molecular weight is 260 g/mol. The van der Waals surface area contributed by atoms with E-state index in [0.717, 1.165) is 11.1 Å². The lowest BCUT2D eigenvalue weighted by molar-refractivity contribution is 0.543. The first kappa shape index (κ1) is 13.5. The number of halogens is 1. The molecule has 2 aromatic rings. The van der Waals surface area contributed by atoms with Crippen LogP contribution in [0.5, 0.6) is 0 Å². The lowest BCUT2D eigenvalue weighted by Crippen LogP contribution is -2.22. The van der Waals surface area contributed by atoms with Crippen LogP contribution in [0.3, 0.4) is 0 Å². The molecule has 0 saturated heterocycles. The van der Waals surface area contributed by atoms with Gasteiger partial charge in [-0.25, -0.2) is 9.37 Å². The molecule has 4 heteroatoms. The SMILES string of the molecule is Cc1cc(F)ccc1-c1cc(=O)[nH]c(C(C)(C)C)n1. The van der Waals surface area contributed by atoms with Gasteiger partial charge in [0.2, 0.25) is 0 Å². The van der Waals surface area contributed by atoms with Crippen molar-refractivity contribution < 1.29 is 4.39 Å². The number of rotatable bonds is 1. The molecule has 19 heavy (non-hydrogen) atoms. The van der Waals surface area contributed by atoms with Crippen molar-refractivity contribution in [3.8, 4) is 11.3 Å². The van der Waals surface area contributed by atoms with Gasteiger partial charge in [0.1, 0.15) is 11.6 Å². The highest BCUT2D eigenvalue weighted by atomic mass is 19.1. The quantitative estimate of drug-likeness (QED) is 0.856. The molecule has 0 aliphatic heterocycles. The molecular formula is C15H17FN2O. The molecule has 0 radical (unpaired) electrons. The number of benzene rings is 1. The summed E-state index contributed by atoms with van der Waals surface area (Å²) in [7, 11) is 0. The Balaban J connectivity index is 2.63. The van der Waals surface area contributed by atoms with Gasteiger partial charge in [-0.15, -0.1) is 0 Å². The first-order valence-corrected chi connectivity index (χ1v) is 6.16. The van der Waals surface area contributed by atoms with E-state index in [0.29, 0.717) is 11.5 Å². The van der Waals surface area contributed by atoms with Crippen molar-refractivity contribution in [1.29, 1.82) is 0 Å². The molecule has 3 nitrogen and oxygen atoms in total. The fourth-order valence-electron chi connectivity index (χ4n) is 1.87. The predicted molar refractivity (Wildman–Crippen MR) is 73.7 cm³/mol. The number of aromatic amines is 1. The summed E-state index contributed by atoms with van der Waals surface area (Å²) in [6.07, 6.45) is 0. The molecule has 0 unspecified atom stereocenters. The predicted octanol–water partition coefficient (Wildman–Crippen LogP) is 3.18. The van der Waals surface area contributed by atoms with E-state index in [1.54, 1.807) is 13.0 Å². The Morgan fingerprint density at radius 1 is 1.21 bits per heavy atom. The molecule has 0 saturated carbocycles. The molecule has 100 valence electrons. The second-order valence-electron chi connectivity index (χ2n) is 5.69. The van der Waals surface area contributed by atoms with E-state index in [-0.39, 0.29) is 16.8 Å². The van der Waals surface area contributed by atoms with E-state index in [4.69, 9.17) is 0 Å². The molecule has 2 rings (SSSR count). The lowest BCUT2D eigenvalue weighted by Gasteiger charge is -2.18. The molecule has 0 bridgehead atoms. The first-order chi connectivity index (χ1) is 8.77. The molecule has 0 spiro atoms. The number of nitrogens with one attached hydrogen (secondary N) is 1. The molecule has 1 heterocycles. The highest BCUT2D eigenvalue weighted by molar-refractivity contribution is 5.63. The van der Waals surface area contributed by atoms with Crippen LogP contribution in [0.15, 0.2) is 29.1 Å². The van der Waals surface area contributed by atoms with Crippen LogP contribution in [0.4, 0.5) is 4.39 Å². The molecule has 0 aliphatic carbocycles. The van der Waals surface area contributed by atoms with E-state index < -0.39 is 0 Å². The summed E-state index contributed by atoms with van der Waals surface area (Å²) >= 11 is 0. The van der Waals surface area contributed by atoms with Crippen LogP contribution in [0.2, 0.25) is 0 Å². The van der Waals surface area contributed by atoms with Crippen molar-refractivity contribution in [3.05, 3.63) is 51.8 Å². The molecule has 1 N–H and O–H groups in total. The van der Waals surface area contributed by atoms with E-state index in [9.17, 15) is 9.18 Å². The summed E-state index contributed by atoms with van der Waals surface area (Å²) < 4.78 is 13.1. The van der Waals surface area contributed by atoms with Gasteiger partial charge < -0.3 is 4.98 Å². The third kappa shape index (κ3) is 2.89. The molecule has 0 amide bonds. The molecule has 0 atom stereocenters. The van der Waals surface area contributed by atoms with Crippen molar-refractivity contribution >= 4 is 0 Å². The van der Waals surface area contributed by atoms with E-state index >= 15 is 0 Å². The second kappa shape index (κ2) is 4.61. The van der Waals surface area contributed by atoms with Gasteiger partial charge in [0, 0.05) is 17.0 Å². The Labute approximate surface area is 111 Å². The van der Waals surface area contributed by atoms with Gasteiger partial charge in [-0.1, -0.05) is 20.8 Å². The number of aromatic nitrogens is 2. The Morgan fingerprint density at radius 3 is 2.47 bits per heavy atom. The maximum atomic E-state index is 13.1. The normalized spacial score (nSPS) is 11.6. The van der Waals surface area contributed by atoms with Crippen molar-refractivity contribution in [3.63, 3.8) is 0 Å². The number of hydrogen-bond donors (Lipinski definition) is 1. The van der Waals surface area contributed by atoms with Crippen molar-refractivity contribution in [2.45, 2.75) is 33.1 Å². The van der Waals surface area contributed by atoms with Gasteiger partial charge in [0.05, 0.1) is 5.69 Å². The van der Waals surface area contributed by atoms with Gasteiger partial charge in [-0.2, -0.15) is 0 Å². The summed E-state index contributed by atoms with van der Waals surface area (Å²) in [6, 6.07) is 5.91. The van der Waals surface area contributed by atoms with Gasteiger partial charge in [-0.3, -0.25) is 4.79 Å². The highest BCUT2D eigenvalue weighted by Crippen LogP contribution is 2.24. The zero-order chi connectivity index (χ0) is 14.2. The topological polar surface area (TPSA) is 45.8 Å². The molecule has 1 aromatic heterocycles. The lowest BCUT2D eigenvalue weighted by atomic mass is 9.95. The Morgan fingerprint density at radius 2 is 1.89 bits per heavy atom. The maximum Gasteiger partial charge on any atom is 0.251 e. The average Bonchev–Trinajstić information content (AvgIpc) is 2.26. The van der Waals surface area contributed by atoms with Crippen molar-refractivity contribution in [2.75, 3.05) is 0 Å². The summed E-state index contributed by atoms with van der Waals surface area (Å²) in [5, 5.41) is 0. The summed E-state index contributed by atoms with van der Waals surface area (Å²) in [5.41, 5.74) is 1.67. The van der Waals surface area contributed by atoms with Gasteiger partial charge in [0.15, 0.2) is 0 Å². The van der Waals surface area contributed by atoms with E-state index in [1.165, 1.54) is 18.2 Å². The Kier molecular flexibility index (Phi) is 3.27. The summed E-state index contributed by atoms with van der Waals surface area (Å²) in [6.45, 7) is 7.74. The fourth-order valence-corrected chi connectivity index (χ4v) is 1.87. The number of hydrogen-bond acceptors (Lipinski definition) is 2. The third-order valence-corrected chi connectivity index (χ3v) is 2.92. The maximum absolute atomic E-state index is 13.1. The molecule has 1 aromatic carbocycles. The standard InChI is InChI=1S/C15H17FN2O/c1-9-7-10(16)5-6-11(9)12-8-13(19)18-14(17-12)15(2,3)4/h5-8H,1-4H3,(H,17,18,19). The van der Waals surface area contributed by atoms with E-state index in [1.807, 2.05) is 20.8 Å². The van der Waals surface area contributed by atoms with Crippen LogP contribution in [-0.2, 0) is 5.41 Å². The minimum atomic E-state index is -0.290. The third-order valence-electron chi connectivity index (χ3n) is 2.92. The monoisotopic (exact) mass is 260 g/mol. The molecule has 0 aliphatic rings.